The Labute approximate surface area is 135 Å². The fraction of sp³-hybridized carbons (Fsp3) is 0.143. The summed E-state index contributed by atoms with van der Waals surface area (Å²) in [6.07, 6.45) is 4.11. The molecule has 0 aliphatic rings. The molecule has 0 unspecified atom stereocenters. The number of rotatable bonds is 4. The summed E-state index contributed by atoms with van der Waals surface area (Å²) in [6, 6.07) is 5.63. The molecule has 2 aromatic rings. The summed E-state index contributed by atoms with van der Waals surface area (Å²) in [5, 5.41) is 2.69. The Morgan fingerprint density at radius 1 is 1.33 bits per heavy atom. The van der Waals surface area contributed by atoms with Gasteiger partial charge in [-0.1, -0.05) is 0 Å². The van der Waals surface area contributed by atoms with Gasteiger partial charge in [-0.15, -0.1) is 0 Å². The maximum atomic E-state index is 11.8. The van der Waals surface area contributed by atoms with E-state index in [0.29, 0.717) is 5.69 Å². The first-order chi connectivity index (χ1) is 10.1. The second-order valence-electron chi connectivity index (χ2n) is 4.17. The molecule has 0 bridgehead atoms. The largest absolute Gasteiger partial charge is 0.451 e. The molecule has 1 aromatic heterocycles. The summed E-state index contributed by atoms with van der Waals surface area (Å²) in [7, 11) is 0. The lowest BCUT2D eigenvalue weighted by Gasteiger charge is -2.09. The predicted octanol–water partition coefficient (Wildman–Crippen LogP) is 2.19. The summed E-state index contributed by atoms with van der Waals surface area (Å²) in [4.78, 5) is 30.9. The van der Waals surface area contributed by atoms with Gasteiger partial charge in [-0.3, -0.25) is 9.78 Å². The van der Waals surface area contributed by atoms with E-state index in [9.17, 15) is 9.59 Å². The number of nitrogens with one attached hydrogen (secondary N) is 1. The first-order valence-electron chi connectivity index (χ1n) is 6.05. The number of esters is 1. The fourth-order valence-electron chi connectivity index (χ4n) is 1.56. The van der Waals surface area contributed by atoms with Crippen molar-refractivity contribution in [2.75, 3.05) is 11.9 Å². The van der Waals surface area contributed by atoms with Crippen LogP contribution in [0, 0.1) is 10.5 Å². The number of aryl methyl sites for hydroxylation is 1. The number of nitrogens with zero attached hydrogens (tertiary/aromatic N) is 2. The van der Waals surface area contributed by atoms with E-state index in [1.165, 1.54) is 18.6 Å². The maximum absolute atomic E-state index is 11.8. The predicted molar refractivity (Wildman–Crippen MR) is 84.8 cm³/mol. The van der Waals surface area contributed by atoms with E-state index in [0.717, 1.165) is 9.13 Å². The molecule has 7 heteroatoms. The number of hydrogen-bond donors (Lipinski definition) is 1. The summed E-state index contributed by atoms with van der Waals surface area (Å²) < 4.78 is 5.95. The third-order valence-corrected chi connectivity index (χ3v) is 3.24. The van der Waals surface area contributed by atoms with Crippen molar-refractivity contribution < 1.29 is 14.3 Å². The molecule has 108 valence electrons. The molecule has 0 spiro atoms. The third kappa shape index (κ3) is 4.48. The molecule has 1 amide bonds. The summed E-state index contributed by atoms with van der Waals surface area (Å²) in [6.45, 7) is 1.52. The van der Waals surface area contributed by atoms with Gasteiger partial charge in [0.25, 0.3) is 5.91 Å². The SMILES string of the molecule is Cc1cc(I)ccc1NC(=O)COC(=O)c1cnccn1. The van der Waals surface area contributed by atoms with Crippen molar-refractivity contribution in [3.8, 4) is 0 Å². The van der Waals surface area contributed by atoms with Crippen LogP contribution in [0.15, 0.2) is 36.8 Å². The van der Waals surface area contributed by atoms with Crippen molar-refractivity contribution in [1.29, 1.82) is 0 Å². The Kier molecular flexibility index (Phi) is 5.20. The molecule has 21 heavy (non-hydrogen) atoms. The van der Waals surface area contributed by atoms with Gasteiger partial charge in [-0.05, 0) is 53.3 Å². The zero-order valence-corrected chi connectivity index (χ0v) is 13.3. The second kappa shape index (κ2) is 7.11. The number of anilines is 1. The van der Waals surface area contributed by atoms with Gasteiger partial charge in [-0.2, -0.15) is 0 Å². The molecule has 1 heterocycles. The van der Waals surface area contributed by atoms with Crippen LogP contribution in [0.5, 0.6) is 0 Å². The number of halogens is 1. The van der Waals surface area contributed by atoms with Gasteiger partial charge in [0.1, 0.15) is 0 Å². The lowest BCUT2D eigenvalue weighted by atomic mass is 10.2. The summed E-state index contributed by atoms with van der Waals surface area (Å²) in [5.74, 6) is -1.09. The molecule has 0 radical (unpaired) electrons. The van der Waals surface area contributed by atoms with Crippen molar-refractivity contribution in [3.63, 3.8) is 0 Å². The highest BCUT2D eigenvalue weighted by Crippen LogP contribution is 2.17. The number of carbonyl (C=O) groups is 2. The van der Waals surface area contributed by atoms with E-state index in [4.69, 9.17) is 4.74 Å². The highest BCUT2D eigenvalue weighted by molar-refractivity contribution is 14.1. The van der Waals surface area contributed by atoms with Gasteiger partial charge < -0.3 is 10.1 Å². The zero-order chi connectivity index (χ0) is 15.2. The molecule has 1 aromatic carbocycles. The molecule has 0 saturated carbocycles. The lowest BCUT2D eigenvalue weighted by Crippen LogP contribution is -2.21. The molecule has 0 aliphatic heterocycles. The topological polar surface area (TPSA) is 81.2 Å². The second-order valence-corrected chi connectivity index (χ2v) is 5.42. The fourth-order valence-corrected chi connectivity index (χ4v) is 2.21. The number of carbonyl (C=O) groups excluding carboxylic acids is 2. The molecule has 6 nitrogen and oxygen atoms in total. The van der Waals surface area contributed by atoms with Gasteiger partial charge in [0, 0.05) is 21.7 Å². The van der Waals surface area contributed by atoms with Gasteiger partial charge >= 0.3 is 5.97 Å². The standard InChI is InChI=1S/C14H12IN3O3/c1-9-6-10(15)2-3-11(9)18-13(19)8-21-14(20)12-7-16-4-5-17-12/h2-7H,8H2,1H3,(H,18,19). The molecular formula is C14H12IN3O3. The van der Waals surface area contributed by atoms with Gasteiger partial charge in [0.15, 0.2) is 12.3 Å². The molecule has 1 N–H and O–H groups in total. The maximum Gasteiger partial charge on any atom is 0.359 e. The first kappa shape index (κ1) is 15.4. The monoisotopic (exact) mass is 397 g/mol. The van der Waals surface area contributed by atoms with E-state index in [2.05, 4.69) is 37.9 Å². The lowest BCUT2D eigenvalue weighted by molar-refractivity contribution is -0.119. The summed E-state index contributed by atoms with van der Waals surface area (Å²) >= 11 is 2.19. The van der Waals surface area contributed by atoms with E-state index in [-0.39, 0.29) is 12.3 Å². The van der Waals surface area contributed by atoms with Crippen LogP contribution in [0.4, 0.5) is 5.69 Å². The molecule has 0 aliphatic carbocycles. The Morgan fingerprint density at radius 2 is 2.14 bits per heavy atom. The molecule has 0 saturated heterocycles. The Morgan fingerprint density at radius 3 is 2.81 bits per heavy atom. The number of hydrogen-bond acceptors (Lipinski definition) is 5. The van der Waals surface area contributed by atoms with Crippen molar-refractivity contribution in [1.82, 2.24) is 9.97 Å². The number of aromatic nitrogens is 2. The van der Waals surface area contributed by atoms with Gasteiger partial charge in [0.2, 0.25) is 0 Å². The molecule has 0 atom stereocenters. The molecule has 2 rings (SSSR count). The number of ether oxygens (including phenoxy) is 1. The molecular weight excluding hydrogens is 385 g/mol. The van der Waals surface area contributed by atoms with Gasteiger partial charge in [0.05, 0.1) is 6.20 Å². The van der Waals surface area contributed by atoms with Crippen LogP contribution in [-0.4, -0.2) is 28.5 Å². The van der Waals surface area contributed by atoms with Gasteiger partial charge in [-0.25, -0.2) is 9.78 Å². The van der Waals surface area contributed by atoms with Crippen LogP contribution in [0.3, 0.4) is 0 Å². The van der Waals surface area contributed by atoms with Crippen molar-refractivity contribution in [2.45, 2.75) is 6.92 Å². The van der Waals surface area contributed by atoms with E-state index in [1.54, 1.807) is 6.07 Å². The van der Waals surface area contributed by atoms with Crippen LogP contribution in [0.25, 0.3) is 0 Å². The Bertz CT molecular complexity index is 662. The normalized spacial score (nSPS) is 10.0. The van der Waals surface area contributed by atoms with Crippen LogP contribution >= 0.6 is 22.6 Å². The van der Waals surface area contributed by atoms with Crippen LogP contribution < -0.4 is 5.32 Å². The number of benzene rings is 1. The first-order valence-corrected chi connectivity index (χ1v) is 7.13. The minimum Gasteiger partial charge on any atom is -0.451 e. The van der Waals surface area contributed by atoms with E-state index in [1.807, 2.05) is 19.1 Å². The highest BCUT2D eigenvalue weighted by atomic mass is 127. The zero-order valence-electron chi connectivity index (χ0n) is 11.2. The van der Waals surface area contributed by atoms with Crippen LogP contribution in [0.1, 0.15) is 16.1 Å². The number of amides is 1. The highest BCUT2D eigenvalue weighted by Gasteiger charge is 2.12. The molecule has 0 fully saturated rings. The van der Waals surface area contributed by atoms with Crippen molar-refractivity contribution >= 4 is 40.2 Å². The quantitative estimate of drug-likeness (QED) is 0.632. The Hall–Kier alpha value is -2.03. The van der Waals surface area contributed by atoms with E-state index >= 15 is 0 Å². The van der Waals surface area contributed by atoms with Crippen molar-refractivity contribution in [2.24, 2.45) is 0 Å². The van der Waals surface area contributed by atoms with Crippen molar-refractivity contribution in [3.05, 3.63) is 51.6 Å². The van der Waals surface area contributed by atoms with Crippen LogP contribution in [0.2, 0.25) is 0 Å². The average Bonchev–Trinajstić information content (AvgIpc) is 2.48. The van der Waals surface area contributed by atoms with Crippen LogP contribution in [-0.2, 0) is 9.53 Å². The smallest absolute Gasteiger partial charge is 0.359 e. The Balaban J connectivity index is 1.89. The average molecular weight is 397 g/mol. The van der Waals surface area contributed by atoms with E-state index < -0.39 is 11.9 Å². The third-order valence-electron chi connectivity index (χ3n) is 2.57. The minimum absolute atomic E-state index is 0.0655. The minimum atomic E-state index is -0.683. The summed E-state index contributed by atoms with van der Waals surface area (Å²) in [5.41, 5.74) is 1.70.